The van der Waals surface area contributed by atoms with Crippen molar-refractivity contribution in [2.75, 3.05) is 13.1 Å². The van der Waals surface area contributed by atoms with Crippen LogP contribution in [-0.4, -0.2) is 40.5 Å². The van der Waals surface area contributed by atoms with Crippen molar-refractivity contribution in [1.29, 1.82) is 0 Å². The highest BCUT2D eigenvalue weighted by Gasteiger charge is 2.32. The van der Waals surface area contributed by atoms with Crippen LogP contribution in [0.3, 0.4) is 0 Å². The van der Waals surface area contributed by atoms with Crippen molar-refractivity contribution in [3.63, 3.8) is 0 Å². The van der Waals surface area contributed by atoms with Crippen LogP contribution in [0, 0.1) is 10.1 Å². The van der Waals surface area contributed by atoms with Gasteiger partial charge in [0.25, 0.3) is 5.69 Å². The molecule has 1 atom stereocenters. The van der Waals surface area contributed by atoms with Gasteiger partial charge in [-0.2, -0.15) is 0 Å². The quantitative estimate of drug-likeness (QED) is 0.633. The molecule has 1 heterocycles. The number of carbonyl (C=O) groups excluding carboxylic acids is 2. The molecule has 26 heavy (non-hydrogen) atoms. The number of ether oxygens (including phenoxy) is 1. The van der Waals surface area contributed by atoms with Crippen LogP contribution >= 0.6 is 11.6 Å². The molecule has 8 nitrogen and oxygen atoms in total. The zero-order chi connectivity index (χ0) is 19.5. The van der Waals surface area contributed by atoms with Crippen molar-refractivity contribution in [2.45, 2.75) is 45.3 Å². The first-order valence-electron chi connectivity index (χ1n) is 8.30. The number of hydrogen-bond acceptors (Lipinski definition) is 5. The Labute approximate surface area is 156 Å². The normalized spacial score (nSPS) is 15.5. The average molecular weight is 384 g/mol. The summed E-state index contributed by atoms with van der Waals surface area (Å²) in [6, 6.07) is 2.96. The minimum absolute atomic E-state index is 0.0385. The molecule has 0 bridgehead atoms. The second-order valence-corrected chi connectivity index (χ2v) is 7.49. The van der Waals surface area contributed by atoms with E-state index in [1.807, 2.05) is 0 Å². The average Bonchev–Trinajstić information content (AvgIpc) is 3.05. The molecule has 1 unspecified atom stereocenters. The van der Waals surface area contributed by atoms with Gasteiger partial charge in [-0.05, 0) is 45.2 Å². The Hall–Kier alpha value is -2.35. The lowest BCUT2D eigenvalue weighted by Crippen LogP contribution is -2.43. The number of benzene rings is 1. The number of rotatable bonds is 4. The number of nitro benzene ring substituents is 1. The Morgan fingerprint density at radius 1 is 1.31 bits per heavy atom. The van der Waals surface area contributed by atoms with Crippen LogP contribution in [0.2, 0.25) is 5.02 Å². The van der Waals surface area contributed by atoms with Crippen LogP contribution < -0.4 is 5.32 Å². The number of amides is 2. The minimum atomic E-state index is -1.08. The number of nitrogens with one attached hydrogen (secondary N) is 1. The number of nitrogens with zero attached hydrogens (tertiary/aromatic N) is 2. The predicted molar refractivity (Wildman–Crippen MR) is 96.0 cm³/mol. The Balaban J connectivity index is 2.33. The Kier molecular flexibility index (Phi) is 6.07. The monoisotopic (exact) mass is 383 g/mol. The standard InChI is InChI=1S/C17H22ClN3O5/c1-17(2,3)26-16(23)19-14(15(22)20-8-4-5-9-20)11-6-7-12(18)13(10-11)21(24)25/h6-7,10,14H,4-5,8-9H2,1-3H3,(H,19,23). The lowest BCUT2D eigenvalue weighted by atomic mass is 10.0. The molecular weight excluding hydrogens is 362 g/mol. The van der Waals surface area contributed by atoms with Gasteiger partial charge in [0.2, 0.25) is 5.91 Å². The molecule has 0 aliphatic carbocycles. The van der Waals surface area contributed by atoms with Crippen molar-refractivity contribution in [1.82, 2.24) is 10.2 Å². The van der Waals surface area contributed by atoms with E-state index in [-0.39, 0.29) is 22.2 Å². The van der Waals surface area contributed by atoms with Crippen molar-refractivity contribution in [3.05, 3.63) is 38.9 Å². The van der Waals surface area contributed by atoms with Gasteiger partial charge in [-0.1, -0.05) is 17.7 Å². The third-order valence-electron chi connectivity index (χ3n) is 3.83. The summed E-state index contributed by atoms with van der Waals surface area (Å²) in [4.78, 5) is 37.2. The van der Waals surface area contributed by atoms with Crippen molar-refractivity contribution in [3.8, 4) is 0 Å². The van der Waals surface area contributed by atoms with E-state index in [0.717, 1.165) is 12.8 Å². The van der Waals surface area contributed by atoms with Gasteiger partial charge in [0, 0.05) is 19.2 Å². The van der Waals surface area contributed by atoms with Crippen molar-refractivity contribution in [2.24, 2.45) is 0 Å². The van der Waals surface area contributed by atoms with Crippen LogP contribution in [-0.2, 0) is 9.53 Å². The molecule has 1 saturated heterocycles. The van der Waals surface area contributed by atoms with E-state index in [9.17, 15) is 19.7 Å². The van der Waals surface area contributed by atoms with Crippen LogP contribution in [0.25, 0.3) is 0 Å². The lowest BCUT2D eigenvalue weighted by Gasteiger charge is -2.26. The molecule has 0 radical (unpaired) electrons. The summed E-state index contributed by atoms with van der Waals surface area (Å²) in [6.45, 7) is 6.28. The molecule has 9 heteroatoms. The Bertz CT molecular complexity index is 711. The molecule has 0 spiro atoms. The minimum Gasteiger partial charge on any atom is -0.444 e. The molecule has 1 aliphatic heterocycles. The molecule has 0 saturated carbocycles. The number of likely N-dealkylation sites (tertiary alicyclic amines) is 1. The third kappa shape index (κ3) is 5.08. The highest BCUT2D eigenvalue weighted by Crippen LogP contribution is 2.29. The molecule has 1 fully saturated rings. The molecule has 0 aromatic heterocycles. The fraction of sp³-hybridized carbons (Fsp3) is 0.529. The van der Waals surface area contributed by atoms with Gasteiger partial charge < -0.3 is 15.0 Å². The van der Waals surface area contributed by atoms with Crippen LogP contribution in [0.15, 0.2) is 18.2 Å². The zero-order valence-electron chi connectivity index (χ0n) is 15.0. The van der Waals surface area contributed by atoms with Gasteiger partial charge >= 0.3 is 6.09 Å². The molecule has 1 N–H and O–H groups in total. The lowest BCUT2D eigenvalue weighted by molar-refractivity contribution is -0.384. The van der Waals surface area contributed by atoms with E-state index < -0.39 is 22.7 Å². The fourth-order valence-electron chi connectivity index (χ4n) is 2.68. The second-order valence-electron chi connectivity index (χ2n) is 7.08. The summed E-state index contributed by atoms with van der Waals surface area (Å²) in [5.74, 6) is -0.329. The Morgan fingerprint density at radius 3 is 2.46 bits per heavy atom. The van der Waals surface area contributed by atoms with Crippen LogP contribution in [0.1, 0.15) is 45.2 Å². The second kappa shape index (κ2) is 7.90. The number of nitro groups is 1. The van der Waals surface area contributed by atoms with Crippen molar-refractivity contribution >= 4 is 29.3 Å². The van der Waals surface area contributed by atoms with Gasteiger partial charge in [0.1, 0.15) is 16.7 Å². The summed E-state index contributed by atoms with van der Waals surface area (Å²) in [7, 11) is 0. The highest BCUT2D eigenvalue weighted by atomic mass is 35.5. The summed E-state index contributed by atoms with van der Waals surface area (Å²) < 4.78 is 5.22. The van der Waals surface area contributed by atoms with Crippen molar-refractivity contribution < 1.29 is 19.2 Å². The zero-order valence-corrected chi connectivity index (χ0v) is 15.7. The smallest absolute Gasteiger partial charge is 0.408 e. The third-order valence-corrected chi connectivity index (χ3v) is 4.15. The largest absolute Gasteiger partial charge is 0.444 e. The number of carbonyl (C=O) groups is 2. The molecule has 1 aromatic rings. The van der Waals surface area contributed by atoms with Gasteiger partial charge in [0.05, 0.1) is 4.92 Å². The predicted octanol–water partition coefficient (Wildman–Crippen LogP) is 3.44. The van der Waals surface area contributed by atoms with E-state index in [1.165, 1.54) is 18.2 Å². The Morgan fingerprint density at radius 2 is 1.92 bits per heavy atom. The van der Waals surface area contributed by atoms with Crippen LogP contribution in [0.4, 0.5) is 10.5 Å². The first-order chi connectivity index (χ1) is 12.1. The topological polar surface area (TPSA) is 102 Å². The molecule has 1 aromatic carbocycles. The van der Waals surface area contributed by atoms with Gasteiger partial charge in [0.15, 0.2) is 0 Å². The molecule has 142 valence electrons. The maximum Gasteiger partial charge on any atom is 0.408 e. The number of halogens is 1. The summed E-state index contributed by atoms with van der Waals surface area (Å²) >= 11 is 5.85. The first-order valence-corrected chi connectivity index (χ1v) is 8.68. The maximum atomic E-state index is 12.9. The first kappa shape index (κ1) is 20.0. The van der Waals surface area contributed by atoms with Gasteiger partial charge in [-0.3, -0.25) is 14.9 Å². The summed E-state index contributed by atoms with van der Waals surface area (Å²) in [5, 5.41) is 13.6. The van der Waals surface area contributed by atoms with E-state index in [0.29, 0.717) is 13.1 Å². The van der Waals surface area contributed by atoms with Gasteiger partial charge in [-0.25, -0.2) is 4.79 Å². The highest BCUT2D eigenvalue weighted by molar-refractivity contribution is 6.32. The molecular formula is C17H22ClN3O5. The van der Waals surface area contributed by atoms with E-state index in [4.69, 9.17) is 16.3 Å². The van der Waals surface area contributed by atoms with Gasteiger partial charge in [-0.15, -0.1) is 0 Å². The number of hydrogen-bond donors (Lipinski definition) is 1. The van der Waals surface area contributed by atoms with E-state index in [1.54, 1.807) is 25.7 Å². The van der Waals surface area contributed by atoms with E-state index >= 15 is 0 Å². The van der Waals surface area contributed by atoms with E-state index in [2.05, 4.69) is 5.32 Å². The fourth-order valence-corrected chi connectivity index (χ4v) is 2.87. The maximum absolute atomic E-state index is 12.9. The summed E-state index contributed by atoms with van der Waals surface area (Å²) in [5.41, 5.74) is -0.782. The summed E-state index contributed by atoms with van der Waals surface area (Å²) in [6.07, 6.45) is 0.991. The number of alkyl carbamates (subject to hydrolysis) is 1. The van der Waals surface area contributed by atoms with Crippen LogP contribution in [0.5, 0.6) is 0 Å². The molecule has 2 amide bonds. The molecule has 2 rings (SSSR count). The SMILES string of the molecule is CC(C)(C)OC(=O)NC(C(=O)N1CCCC1)c1ccc(Cl)c([N+](=O)[O-])c1. The molecule has 1 aliphatic rings.